The number of amides is 1. The van der Waals surface area contributed by atoms with Gasteiger partial charge in [0.2, 0.25) is 5.91 Å². The summed E-state index contributed by atoms with van der Waals surface area (Å²) in [5.41, 5.74) is 0. The quantitative estimate of drug-likeness (QED) is 0.685. The lowest BCUT2D eigenvalue weighted by Crippen LogP contribution is -2.31. The van der Waals surface area contributed by atoms with Crippen LogP contribution in [0.1, 0.15) is 6.92 Å². The van der Waals surface area contributed by atoms with Crippen LogP contribution in [0.4, 0.5) is 5.82 Å². The fraction of sp³-hybridized carbons (Fsp3) is 0.500. The fourth-order valence-electron chi connectivity index (χ4n) is 1.09. The summed E-state index contributed by atoms with van der Waals surface area (Å²) >= 11 is 5.46. The molecule has 1 aromatic heterocycles. The first-order valence-electron chi connectivity index (χ1n) is 4.05. The lowest BCUT2D eigenvalue weighted by molar-refractivity contribution is -0.116. The lowest BCUT2D eigenvalue weighted by atomic mass is 10.4. The summed E-state index contributed by atoms with van der Waals surface area (Å²) in [5, 5.41) is 4.11. The molecule has 4 nitrogen and oxygen atoms in total. The molecule has 0 aliphatic heterocycles. The van der Waals surface area contributed by atoms with Crippen molar-refractivity contribution in [3.63, 3.8) is 0 Å². The summed E-state index contributed by atoms with van der Waals surface area (Å²) in [7, 11) is 1.81. The molecule has 0 unspecified atom stereocenters. The van der Waals surface area contributed by atoms with Crippen LogP contribution < -0.4 is 4.90 Å². The molecule has 0 aromatic carbocycles. The molecule has 0 atom stereocenters. The van der Waals surface area contributed by atoms with E-state index in [2.05, 4.69) is 5.10 Å². The van der Waals surface area contributed by atoms with Gasteiger partial charge in [-0.15, -0.1) is 11.6 Å². The monoisotopic (exact) mass is 201 g/mol. The average molecular weight is 202 g/mol. The Bertz CT molecular complexity index is 297. The molecule has 1 rings (SSSR count). The molecule has 0 N–H and O–H groups in total. The second-order valence-electron chi connectivity index (χ2n) is 2.62. The molecule has 1 aromatic rings. The van der Waals surface area contributed by atoms with Gasteiger partial charge in [-0.2, -0.15) is 5.10 Å². The number of hydrogen-bond acceptors (Lipinski definition) is 2. The maximum absolute atomic E-state index is 11.3. The van der Waals surface area contributed by atoms with Gasteiger partial charge in [0.1, 0.15) is 5.88 Å². The Hall–Kier alpha value is -1.03. The number of carbonyl (C=O) groups is 1. The standard InChI is InChI=1S/C8H12ClN3O/c1-3-12(8(13)6-9)7-4-5-11(2)10-7/h4-5H,3,6H2,1-2H3. The van der Waals surface area contributed by atoms with Crippen LogP contribution in [0, 0.1) is 0 Å². The summed E-state index contributed by atoms with van der Waals surface area (Å²) in [4.78, 5) is 12.8. The summed E-state index contributed by atoms with van der Waals surface area (Å²) in [6, 6.07) is 1.79. The number of anilines is 1. The molecule has 0 saturated heterocycles. The molecule has 0 fully saturated rings. The number of halogens is 1. The molecule has 5 heteroatoms. The predicted octanol–water partition coefficient (Wildman–Crippen LogP) is 1.01. The van der Waals surface area contributed by atoms with Crippen LogP contribution in [0.25, 0.3) is 0 Å². The first kappa shape index (κ1) is 10.1. The van der Waals surface area contributed by atoms with Gasteiger partial charge >= 0.3 is 0 Å². The minimum atomic E-state index is -0.122. The zero-order valence-corrected chi connectivity index (χ0v) is 8.45. The van der Waals surface area contributed by atoms with Crippen molar-refractivity contribution in [3.8, 4) is 0 Å². The van der Waals surface area contributed by atoms with Crippen molar-refractivity contribution < 1.29 is 4.79 Å². The van der Waals surface area contributed by atoms with Crippen molar-refractivity contribution in [2.24, 2.45) is 7.05 Å². The van der Waals surface area contributed by atoms with E-state index in [4.69, 9.17) is 11.6 Å². The van der Waals surface area contributed by atoms with Gasteiger partial charge in [0, 0.05) is 25.9 Å². The topological polar surface area (TPSA) is 38.1 Å². The molecule has 0 aliphatic carbocycles. The van der Waals surface area contributed by atoms with E-state index in [1.165, 1.54) is 0 Å². The third-order valence-electron chi connectivity index (χ3n) is 1.71. The highest BCUT2D eigenvalue weighted by molar-refractivity contribution is 6.29. The Morgan fingerprint density at radius 3 is 2.85 bits per heavy atom. The van der Waals surface area contributed by atoms with Gasteiger partial charge in [-0.1, -0.05) is 0 Å². The van der Waals surface area contributed by atoms with Gasteiger partial charge in [-0.25, -0.2) is 0 Å². The Labute approximate surface area is 82.1 Å². The number of alkyl halides is 1. The fourth-order valence-corrected chi connectivity index (χ4v) is 1.23. The molecule has 72 valence electrons. The van der Waals surface area contributed by atoms with Crippen molar-refractivity contribution in [1.82, 2.24) is 9.78 Å². The predicted molar refractivity (Wildman–Crippen MR) is 52.0 cm³/mol. The molecule has 0 aliphatic rings. The minimum absolute atomic E-state index is 0.00951. The Morgan fingerprint density at radius 2 is 2.46 bits per heavy atom. The first-order valence-corrected chi connectivity index (χ1v) is 4.58. The van der Waals surface area contributed by atoms with Crippen LogP contribution in [0.3, 0.4) is 0 Å². The highest BCUT2D eigenvalue weighted by atomic mass is 35.5. The smallest absolute Gasteiger partial charge is 0.243 e. The van der Waals surface area contributed by atoms with Crippen molar-refractivity contribution in [1.29, 1.82) is 0 Å². The van der Waals surface area contributed by atoms with E-state index in [1.54, 1.807) is 21.8 Å². The molecule has 0 saturated carbocycles. The number of carbonyl (C=O) groups excluding carboxylic acids is 1. The zero-order chi connectivity index (χ0) is 9.84. The number of nitrogens with zero attached hydrogens (tertiary/aromatic N) is 3. The van der Waals surface area contributed by atoms with Crippen molar-refractivity contribution in [2.45, 2.75) is 6.92 Å². The van der Waals surface area contributed by atoms with Gasteiger partial charge in [0.25, 0.3) is 0 Å². The van der Waals surface area contributed by atoms with Gasteiger partial charge in [-0.3, -0.25) is 14.4 Å². The summed E-state index contributed by atoms with van der Waals surface area (Å²) in [5.74, 6) is 0.517. The summed E-state index contributed by atoms with van der Waals surface area (Å²) in [6.07, 6.45) is 1.79. The third-order valence-corrected chi connectivity index (χ3v) is 1.94. The summed E-state index contributed by atoms with van der Waals surface area (Å²) in [6.45, 7) is 2.47. The molecule has 1 heterocycles. The second-order valence-corrected chi connectivity index (χ2v) is 2.89. The molecule has 0 radical (unpaired) electrons. The van der Waals surface area contributed by atoms with Crippen LogP contribution in [0.15, 0.2) is 12.3 Å². The van der Waals surface area contributed by atoms with E-state index >= 15 is 0 Å². The lowest BCUT2D eigenvalue weighted by Gasteiger charge is -2.16. The number of hydrogen-bond donors (Lipinski definition) is 0. The highest BCUT2D eigenvalue weighted by Crippen LogP contribution is 2.09. The summed E-state index contributed by atoms with van der Waals surface area (Å²) < 4.78 is 1.65. The van der Waals surface area contributed by atoms with Crippen molar-refractivity contribution in [3.05, 3.63) is 12.3 Å². The molecule has 0 bridgehead atoms. The first-order chi connectivity index (χ1) is 6.19. The molecular formula is C8H12ClN3O. The molecule has 13 heavy (non-hydrogen) atoms. The number of rotatable bonds is 3. The number of aromatic nitrogens is 2. The van der Waals surface area contributed by atoms with Crippen LogP contribution in [-0.4, -0.2) is 28.1 Å². The Morgan fingerprint density at radius 1 is 1.77 bits per heavy atom. The van der Waals surface area contributed by atoms with Crippen LogP contribution in [-0.2, 0) is 11.8 Å². The van der Waals surface area contributed by atoms with Crippen LogP contribution in [0.5, 0.6) is 0 Å². The van der Waals surface area contributed by atoms with Crippen LogP contribution >= 0.6 is 11.6 Å². The van der Waals surface area contributed by atoms with Crippen molar-refractivity contribution >= 4 is 23.3 Å². The largest absolute Gasteiger partial charge is 0.295 e. The third kappa shape index (κ3) is 2.21. The van der Waals surface area contributed by atoms with E-state index in [-0.39, 0.29) is 11.8 Å². The van der Waals surface area contributed by atoms with Gasteiger partial charge in [0.05, 0.1) is 0 Å². The minimum Gasteiger partial charge on any atom is -0.295 e. The van der Waals surface area contributed by atoms with E-state index in [1.807, 2.05) is 14.0 Å². The van der Waals surface area contributed by atoms with Gasteiger partial charge in [0.15, 0.2) is 5.82 Å². The molecule has 0 spiro atoms. The van der Waals surface area contributed by atoms with Gasteiger partial charge in [-0.05, 0) is 6.92 Å². The second kappa shape index (κ2) is 4.28. The van der Waals surface area contributed by atoms with E-state index in [0.717, 1.165) is 0 Å². The Balaban J connectivity index is 2.84. The molecule has 1 amide bonds. The van der Waals surface area contributed by atoms with Gasteiger partial charge < -0.3 is 0 Å². The maximum Gasteiger partial charge on any atom is 0.243 e. The SMILES string of the molecule is CCN(C(=O)CCl)c1ccn(C)n1. The van der Waals surface area contributed by atoms with E-state index < -0.39 is 0 Å². The number of aryl methyl sites for hydroxylation is 1. The van der Waals surface area contributed by atoms with E-state index in [0.29, 0.717) is 12.4 Å². The zero-order valence-electron chi connectivity index (χ0n) is 7.70. The molecular weight excluding hydrogens is 190 g/mol. The average Bonchev–Trinajstić information content (AvgIpc) is 2.53. The maximum atomic E-state index is 11.3. The Kier molecular flexibility index (Phi) is 3.31. The van der Waals surface area contributed by atoms with Crippen LogP contribution in [0.2, 0.25) is 0 Å². The normalized spacial score (nSPS) is 10.1. The van der Waals surface area contributed by atoms with Crippen molar-refractivity contribution in [2.75, 3.05) is 17.3 Å². The van der Waals surface area contributed by atoms with E-state index in [9.17, 15) is 4.79 Å². The highest BCUT2D eigenvalue weighted by Gasteiger charge is 2.14.